The molecule has 2 heteroatoms. The summed E-state index contributed by atoms with van der Waals surface area (Å²) in [6, 6.07) is 9.44. The molecule has 1 aromatic rings. The molecule has 0 aliphatic rings. The lowest BCUT2D eigenvalue weighted by Crippen LogP contribution is -2.28. The Morgan fingerprint density at radius 3 is 2.47 bits per heavy atom. The third-order valence-corrected chi connectivity index (χ3v) is 3.19. The molecule has 0 spiro atoms. The first-order valence-electron chi connectivity index (χ1n) is 5.62. The summed E-state index contributed by atoms with van der Waals surface area (Å²) in [4.78, 5) is 1.34. The summed E-state index contributed by atoms with van der Waals surface area (Å²) < 4.78 is 0. The molecule has 0 aliphatic heterocycles. The van der Waals surface area contributed by atoms with Crippen molar-refractivity contribution in [1.82, 2.24) is 5.32 Å². The van der Waals surface area contributed by atoms with Crippen LogP contribution in [0.2, 0.25) is 0 Å². The van der Waals surface area contributed by atoms with Crippen LogP contribution in [0.15, 0.2) is 29.2 Å². The van der Waals surface area contributed by atoms with E-state index in [2.05, 4.69) is 49.7 Å². The highest BCUT2D eigenvalue weighted by Crippen LogP contribution is 2.15. The fourth-order valence-corrected chi connectivity index (χ4v) is 1.99. The van der Waals surface area contributed by atoms with Crippen molar-refractivity contribution >= 4 is 11.8 Å². The smallest absolute Gasteiger partial charge is 0.00791 e. The maximum atomic E-state index is 3.50. The van der Waals surface area contributed by atoms with E-state index in [1.54, 1.807) is 11.8 Å². The van der Waals surface area contributed by atoms with Crippen molar-refractivity contribution in [3.63, 3.8) is 0 Å². The van der Waals surface area contributed by atoms with E-state index in [9.17, 15) is 0 Å². The van der Waals surface area contributed by atoms with Gasteiger partial charge in [-0.15, -0.1) is 11.8 Å². The predicted octanol–water partition coefficient (Wildman–Crippen LogP) is 3.34. The summed E-state index contributed by atoms with van der Waals surface area (Å²) in [7, 11) is 0. The van der Waals surface area contributed by atoms with Crippen LogP contribution in [-0.2, 0) is 6.42 Å². The minimum Gasteiger partial charge on any atom is -0.314 e. The van der Waals surface area contributed by atoms with Crippen molar-refractivity contribution < 1.29 is 0 Å². The lowest BCUT2D eigenvalue weighted by atomic mass is 10.1. The van der Waals surface area contributed by atoms with Crippen LogP contribution < -0.4 is 5.32 Å². The van der Waals surface area contributed by atoms with Gasteiger partial charge < -0.3 is 5.32 Å². The molecular weight excluding hydrogens is 202 g/mol. The van der Waals surface area contributed by atoms with Gasteiger partial charge in [0, 0.05) is 10.9 Å². The van der Waals surface area contributed by atoms with Gasteiger partial charge in [0.25, 0.3) is 0 Å². The number of thioether (sulfide) groups is 1. The Kier molecular flexibility index (Phi) is 5.81. The highest BCUT2D eigenvalue weighted by atomic mass is 32.2. The van der Waals surface area contributed by atoms with Crippen molar-refractivity contribution in [1.29, 1.82) is 0 Å². The molecule has 0 saturated heterocycles. The van der Waals surface area contributed by atoms with Gasteiger partial charge >= 0.3 is 0 Å². The van der Waals surface area contributed by atoms with Crippen LogP contribution in [0.5, 0.6) is 0 Å². The molecule has 1 nitrogen and oxygen atoms in total. The Morgan fingerprint density at radius 2 is 1.93 bits per heavy atom. The highest BCUT2D eigenvalue weighted by Gasteiger charge is 2.01. The maximum Gasteiger partial charge on any atom is 0.00791 e. The van der Waals surface area contributed by atoms with E-state index < -0.39 is 0 Å². The zero-order valence-corrected chi connectivity index (χ0v) is 10.7. The standard InChI is InChI=1S/C13H21NS/c1-4-9-14-11(2)10-12-5-7-13(15-3)8-6-12/h5-8,11,14H,4,9-10H2,1-3H3. The van der Waals surface area contributed by atoms with Crippen LogP contribution >= 0.6 is 11.8 Å². The first-order chi connectivity index (χ1) is 7.26. The number of rotatable bonds is 6. The van der Waals surface area contributed by atoms with Gasteiger partial charge in [-0.05, 0) is 50.3 Å². The van der Waals surface area contributed by atoms with Gasteiger partial charge in [0.1, 0.15) is 0 Å². The summed E-state index contributed by atoms with van der Waals surface area (Å²) >= 11 is 1.79. The van der Waals surface area contributed by atoms with Gasteiger partial charge in [0.2, 0.25) is 0 Å². The molecule has 1 aromatic carbocycles. The quantitative estimate of drug-likeness (QED) is 0.742. The fraction of sp³-hybridized carbons (Fsp3) is 0.538. The van der Waals surface area contributed by atoms with Crippen molar-refractivity contribution in [3.05, 3.63) is 29.8 Å². The zero-order valence-electron chi connectivity index (χ0n) is 9.92. The number of hydrogen-bond donors (Lipinski definition) is 1. The Balaban J connectivity index is 2.42. The molecule has 1 atom stereocenters. The maximum absolute atomic E-state index is 3.50. The van der Waals surface area contributed by atoms with E-state index in [-0.39, 0.29) is 0 Å². The van der Waals surface area contributed by atoms with Gasteiger partial charge in [-0.2, -0.15) is 0 Å². The van der Waals surface area contributed by atoms with Gasteiger partial charge in [-0.1, -0.05) is 19.1 Å². The second-order valence-electron chi connectivity index (χ2n) is 3.91. The van der Waals surface area contributed by atoms with E-state index in [1.165, 1.54) is 16.9 Å². The molecule has 0 aliphatic carbocycles. The number of hydrogen-bond acceptors (Lipinski definition) is 2. The van der Waals surface area contributed by atoms with Crippen LogP contribution in [0.25, 0.3) is 0 Å². The molecule has 0 fully saturated rings. The summed E-state index contributed by atoms with van der Waals surface area (Å²) in [6.07, 6.45) is 4.44. The average molecular weight is 223 g/mol. The first-order valence-corrected chi connectivity index (χ1v) is 6.85. The van der Waals surface area contributed by atoms with Crippen LogP contribution in [-0.4, -0.2) is 18.8 Å². The minimum atomic E-state index is 0.574. The Labute approximate surface area is 97.7 Å². The highest BCUT2D eigenvalue weighted by molar-refractivity contribution is 7.98. The summed E-state index contributed by atoms with van der Waals surface area (Å²) in [5, 5.41) is 3.50. The molecule has 0 saturated carbocycles. The summed E-state index contributed by atoms with van der Waals surface area (Å²) in [5.74, 6) is 0. The molecule has 0 bridgehead atoms. The molecular formula is C13H21NS. The topological polar surface area (TPSA) is 12.0 Å². The minimum absolute atomic E-state index is 0.574. The largest absolute Gasteiger partial charge is 0.314 e. The van der Waals surface area contributed by atoms with Gasteiger partial charge in [0.05, 0.1) is 0 Å². The van der Waals surface area contributed by atoms with Crippen LogP contribution in [0.1, 0.15) is 25.8 Å². The molecule has 0 radical (unpaired) electrons. The van der Waals surface area contributed by atoms with Crippen molar-refractivity contribution in [2.45, 2.75) is 37.6 Å². The third kappa shape index (κ3) is 4.72. The van der Waals surface area contributed by atoms with E-state index in [4.69, 9.17) is 0 Å². The summed E-state index contributed by atoms with van der Waals surface area (Å²) in [5.41, 5.74) is 1.42. The van der Waals surface area contributed by atoms with E-state index >= 15 is 0 Å². The lowest BCUT2D eigenvalue weighted by molar-refractivity contribution is 0.543. The molecule has 1 unspecified atom stereocenters. The monoisotopic (exact) mass is 223 g/mol. The third-order valence-electron chi connectivity index (χ3n) is 2.44. The molecule has 15 heavy (non-hydrogen) atoms. The Hall–Kier alpha value is -0.470. The molecule has 0 aromatic heterocycles. The van der Waals surface area contributed by atoms with Crippen molar-refractivity contribution in [2.24, 2.45) is 0 Å². The molecule has 1 N–H and O–H groups in total. The Morgan fingerprint density at radius 1 is 1.27 bits per heavy atom. The second kappa shape index (κ2) is 6.91. The first kappa shape index (κ1) is 12.6. The van der Waals surface area contributed by atoms with E-state index in [0.29, 0.717) is 6.04 Å². The van der Waals surface area contributed by atoms with Crippen molar-refractivity contribution in [2.75, 3.05) is 12.8 Å². The normalized spacial score (nSPS) is 12.7. The Bertz CT molecular complexity index is 268. The van der Waals surface area contributed by atoms with Gasteiger partial charge in [-0.25, -0.2) is 0 Å². The zero-order chi connectivity index (χ0) is 11.1. The van der Waals surface area contributed by atoms with Crippen LogP contribution in [0.4, 0.5) is 0 Å². The SMILES string of the molecule is CCCNC(C)Cc1ccc(SC)cc1. The fourth-order valence-electron chi connectivity index (χ4n) is 1.58. The molecule has 0 amide bonds. The number of nitrogens with one attached hydrogen (secondary N) is 1. The van der Waals surface area contributed by atoms with Crippen molar-refractivity contribution in [3.8, 4) is 0 Å². The van der Waals surface area contributed by atoms with Gasteiger partial charge in [-0.3, -0.25) is 0 Å². The molecule has 1 rings (SSSR count). The number of benzene rings is 1. The molecule has 84 valence electrons. The van der Waals surface area contributed by atoms with Gasteiger partial charge in [0.15, 0.2) is 0 Å². The lowest BCUT2D eigenvalue weighted by Gasteiger charge is -2.13. The van der Waals surface area contributed by atoms with E-state index in [1.807, 2.05) is 0 Å². The molecule has 0 heterocycles. The van der Waals surface area contributed by atoms with Crippen LogP contribution in [0, 0.1) is 0 Å². The average Bonchev–Trinajstić information content (AvgIpc) is 2.27. The van der Waals surface area contributed by atoms with Crippen LogP contribution in [0.3, 0.4) is 0 Å². The predicted molar refractivity (Wildman–Crippen MR) is 69.7 cm³/mol. The summed E-state index contributed by atoms with van der Waals surface area (Å²) in [6.45, 7) is 5.56. The van der Waals surface area contributed by atoms with E-state index in [0.717, 1.165) is 13.0 Å². The second-order valence-corrected chi connectivity index (χ2v) is 4.79.